The number of aromatic nitrogens is 2. The van der Waals surface area contributed by atoms with Gasteiger partial charge in [-0.05, 0) is 38.1 Å². The lowest BCUT2D eigenvalue weighted by molar-refractivity contribution is 0.116. The van der Waals surface area contributed by atoms with Crippen LogP contribution in [-0.4, -0.2) is 33.6 Å². The van der Waals surface area contributed by atoms with E-state index in [1.165, 1.54) is 12.8 Å². The van der Waals surface area contributed by atoms with Gasteiger partial charge in [0.05, 0.1) is 17.8 Å². The number of nitrogens with zero attached hydrogens (tertiary/aromatic N) is 2. The molecule has 108 valence electrons. The number of aryl methyl sites for hydroxylation is 1. The van der Waals surface area contributed by atoms with Gasteiger partial charge in [0.1, 0.15) is 0 Å². The van der Waals surface area contributed by atoms with E-state index >= 15 is 0 Å². The number of halogens is 1. The molecule has 2 N–H and O–H groups in total. The van der Waals surface area contributed by atoms with E-state index in [9.17, 15) is 5.11 Å². The van der Waals surface area contributed by atoms with Crippen molar-refractivity contribution in [3.8, 4) is 0 Å². The summed E-state index contributed by atoms with van der Waals surface area (Å²) in [5.74, 6) is 0.520. The van der Waals surface area contributed by atoms with Gasteiger partial charge in [-0.25, -0.2) is 0 Å². The fourth-order valence-electron chi connectivity index (χ4n) is 3.18. The molecule has 4 nitrogen and oxygen atoms in total. The van der Waals surface area contributed by atoms with Crippen molar-refractivity contribution in [2.24, 2.45) is 5.92 Å². The molecule has 2 unspecified atom stereocenters. The summed E-state index contributed by atoms with van der Waals surface area (Å²) in [7, 11) is 0. The van der Waals surface area contributed by atoms with Gasteiger partial charge in [0.25, 0.3) is 0 Å². The SMILES string of the molecule is CCCNC1(CO)CCCC1CCn1cc(Cl)cn1. The molecule has 0 aromatic carbocycles. The van der Waals surface area contributed by atoms with Gasteiger partial charge in [-0.15, -0.1) is 0 Å². The van der Waals surface area contributed by atoms with Crippen LogP contribution in [0.2, 0.25) is 5.02 Å². The third-order valence-electron chi connectivity index (χ3n) is 4.27. The van der Waals surface area contributed by atoms with E-state index in [0.29, 0.717) is 10.9 Å². The molecular formula is C14H24ClN3O. The molecule has 1 aromatic heterocycles. The highest BCUT2D eigenvalue weighted by molar-refractivity contribution is 6.30. The molecule has 0 spiro atoms. The second-order valence-corrected chi connectivity index (χ2v) is 5.98. The molecule has 1 saturated carbocycles. The van der Waals surface area contributed by atoms with Gasteiger partial charge in [0, 0.05) is 18.3 Å². The summed E-state index contributed by atoms with van der Waals surface area (Å²) in [6, 6.07) is 0. The molecule has 0 saturated heterocycles. The van der Waals surface area contributed by atoms with Crippen LogP contribution in [-0.2, 0) is 6.54 Å². The van der Waals surface area contributed by atoms with Gasteiger partial charge in [-0.1, -0.05) is 24.9 Å². The Hall–Kier alpha value is -0.580. The smallest absolute Gasteiger partial charge is 0.0785 e. The molecule has 0 aliphatic heterocycles. The summed E-state index contributed by atoms with van der Waals surface area (Å²) in [4.78, 5) is 0. The molecule has 2 atom stereocenters. The third kappa shape index (κ3) is 3.50. The summed E-state index contributed by atoms with van der Waals surface area (Å²) < 4.78 is 1.89. The molecule has 0 amide bonds. The zero-order valence-corrected chi connectivity index (χ0v) is 12.4. The third-order valence-corrected chi connectivity index (χ3v) is 4.47. The Bertz CT molecular complexity index is 396. The zero-order chi connectivity index (χ0) is 13.7. The van der Waals surface area contributed by atoms with Crippen LogP contribution < -0.4 is 5.32 Å². The Labute approximate surface area is 120 Å². The van der Waals surface area contributed by atoms with Crippen molar-refractivity contribution in [2.45, 2.75) is 51.1 Å². The number of rotatable bonds is 7. The normalized spacial score (nSPS) is 27.0. The molecular weight excluding hydrogens is 262 g/mol. The van der Waals surface area contributed by atoms with Crippen LogP contribution in [0.1, 0.15) is 39.0 Å². The molecule has 1 aliphatic rings. The predicted molar refractivity (Wildman–Crippen MR) is 77.3 cm³/mol. The Morgan fingerprint density at radius 2 is 2.47 bits per heavy atom. The Morgan fingerprint density at radius 1 is 1.63 bits per heavy atom. The fourth-order valence-corrected chi connectivity index (χ4v) is 3.34. The topological polar surface area (TPSA) is 50.1 Å². The van der Waals surface area contributed by atoms with E-state index in [0.717, 1.165) is 32.4 Å². The van der Waals surface area contributed by atoms with Crippen LogP contribution in [0.3, 0.4) is 0 Å². The lowest BCUT2D eigenvalue weighted by Gasteiger charge is -2.35. The first-order valence-electron chi connectivity index (χ1n) is 7.24. The van der Waals surface area contributed by atoms with Gasteiger partial charge in [-0.3, -0.25) is 4.68 Å². The average Bonchev–Trinajstić information content (AvgIpc) is 3.01. The van der Waals surface area contributed by atoms with Gasteiger partial charge in [0.15, 0.2) is 0 Å². The Morgan fingerprint density at radius 3 is 3.11 bits per heavy atom. The van der Waals surface area contributed by atoms with Crippen molar-refractivity contribution >= 4 is 11.6 Å². The van der Waals surface area contributed by atoms with Crippen LogP contribution in [0, 0.1) is 5.92 Å². The number of aliphatic hydroxyl groups is 1. The number of aliphatic hydroxyl groups excluding tert-OH is 1. The maximum Gasteiger partial charge on any atom is 0.0785 e. The maximum absolute atomic E-state index is 9.81. The van der Waals surface area contributed by atoms with Crippen molar-refractivity contribution in [3.63, 3.8) is 0 Å². The van der Waals surface area contributed by atoms with Crippen LogP contribution in [0.4, 0.5) is 0 Å². The summed E-state index contributed by atoms with van der Waals surface area (Å²) in [6.45, 7) is 4.24. The van der Waals surface area contributed by atoms with E-state index in [1.807, 2.05) is 10.9 Å². The lowest BCUT2D eigenvalue weighted by Crippen LogP contribution is -2.51. The second kappa shape index (κ2) is 6.73. The van der Waals surface area contributed by atoms with E-state index in [4.69, 9.17) is 11.6 Å². The maximum atomic E-state index is 9.81. The number of nitrogens with one attached hydrogen (secondary N) is 1. The summed E-state index contributed by atoms with van der Waals surface area (Å²) in [6.07, 6.45) is 9.13. The van der Waals surface area contributed by atoms with Gasteiger partial charge < -0.3 is 10.4 Å². The Balaban J connectivity index is 1.93. The highest BCUT2D eigenvalue weighted by Gasteiger charge is 2.41. The minimum absolute atomic E-state index is 0.0764. The number of hydrogen-bond donors (Lipinski definition) is 2. The predicted octanol–water partition coefficient (Wildman–Crippen LogP) is 2.46. The van der Waals surface area contributed by atoms with E-state index in [-0.39, 0.29) is 12.1 Å². The average molecular weight is 286 g/mol. The van der Waals surface area contributed by atoms with Crippen LogP contribution in [0.25, 0.3) is 0 Å². The van der Waals surface area contributed by atoms with Gasteiger partial charge >= 0.3 is 0 Å². The molecule has 1 heterocycles. The van der Waals surface area contributed by atoms with Gasteiger partial charge in [-0.2, -0.15) is 5.10 Å². The summed E-state index contributed by atoms with van der Waals surface area (Å²) >= 11 is 5.87. The number of hydrogen-bond acceptors (Lipinski definition) is 3. The van der Waals surface area contributed by atoms with Gasteiger partial charge in [0.2, 0.25) is 0 Å². The van der Waals surface area contributed by atoms with E-state index in [1.54, 1.807) is 6.20 Å². The summed E-state index contributed by atoms with van der Waals surface area (Å²) in [5.41, 5.74) is -0.0764. The minimum Gasteiger partial charge on any atom is -0.394 e. The molecule has 5 heteroatoms. The van der Waals surface area contributed by atoms with Crippen LogP contribution in [0.15, 0.2) is 12.4 Å². The van der Waals surface area contributed by atoms with E-state index in [2.05, 4.69) is 17.3 Å². The molecule has 19 heavy (non-hydrogen) atoms. The first-order chi connectivity index (χ1) is 9.20. The molecule has 1 aromatic rings. The minimum atomic E-state index is -0.0764. The van der Waals surface area contributed by atoms with Crippen LogP contribution in [0.5, 0.6) is 0 Å². The highest BCUT2D eigenvalue weighted by Crippen LogP contribution is 2.38. The van der Waals surface area contributed by atoms with Crippen molar-refractivity contribution in [2.75, 3.05) is 13.2 Å². The molecule has 0 bridgehead atoms. The zero-order valence-electron chi connectivity index (χ0n) is 11.6. The van der Waals surface area contributed by atoms with Crippen molar-refractivity contribution < 1.29 is 5.11 Å². The summed E-state index contributed by atoms with van der Waals surface area (Å²) in [5, 5.41) is 18.3. The monoisotopic (exact) mass is 285 g/mol. The van der Waals surface area contributed by atoms with Crippen LogP contribution >= 0.6 is 11.6 Å². The van der Waals surface area contributed by atoms with Crippen molar-refractivity contribution in [1.29, 1.82) is 0 Å². The molecule has 0 radical (unpaired) electrons. The van der Waals surface area contributed by atoms with Crippen molar-refractivity contribution in [1.82, 2.24) is 15.1 Å². The highest BCUT2D eigenvalue weighted by atomic mass is 35.5. The van der Waals surface area contributed by atoms with E-state index < -0.39 is 0 Å². The van der Waals surface area contributed by atoms with Crippen molar-refractivity contribution in [3.05, 3.63) is 17.4 Å². The molecule has 1 aliphatic carbocycles. The second-order valence-electron chi connectivity index (χ2n) is 5.54. The quantitative estimate of drug-likeness (QED) is 0.809. The largest absolute Gasteiger partial charge is 0.394 e. The Kier molecular flexibility index (Phi) is 5.25. The standard InChI is InChI=1S/C14H24ClN3O/c1-2-7-16-14(11-19)6-3-4-12(14)5-8-18-10-13(15)9-17-18/h9-10,12,16,19H,2-8,11H2,1H3. The lowest BCUT2D eigenvalue weighted by atomic mass is 9.85. The molecule has 1 fully saturated rings. The molecule has 2 rings (SSSR count). The first-order valence-corrected chi connectivity index (χ1v) is 7.62. The first kappa shape index (κ1) is 14.8. The fraction of sp³-hybridized carbons (Fsp3) is 0.786.